The second kappa shape index (κ2) is 8.98. The van der Waals surface area contributed by atoms with Crippen LogP contribution in [-0.4, -0.2) is 29.7 Å². The molecule has 2 atom stereocenters. The van der Waals surface area contributed by atoms with Gasteiger partial charge in [-0.2, -0.15) is 0 Å². The van der Waals surface area contributed by atoms with Gasteiger partial charge in [-0.15, -0.1) is 0 Å². The smallest absolute Gasteiger partial charge is 0.295 e. The Hall–Kier alpha value is -4.59. The molecule has 1 saturated heterocycles. The number of ether oxygens (including phenoxy) is 1. The van der Waals surface area contributed by atoms with E-state index in [0.29, 0.717) is 28.3 Å². The van der Waals surface area contributed by atoms with Crippen LogP contribution < -0.4 is 9.64 Å². The zero-order valence-electron chi connectivity index (χ0n) is 18.6. The summed E-state index contributed by atoms with van der Waals surface area (Å²) in [6.07, 6.45) is 1.43. The molecule has 1 aliphatic heterocycles. The van der Waals surface area contributed by atoms with Crippen LogP contribution >= 0.6 is 0 Å². The third-order valence-electron chi connectivity index (χ3n) is 6.03. The molecule has 35 heavy (non-hydrogen) atoms. The van der Waals surface area contributed by atoms with Crippen LogP contribution in [0.1, 0.15) is 22.0 Å². The number of ketones is 2. The fourth-order valence-corrected chi connectivity index (χ4v) is 4.32. The number of aromatic nitrogens is 1. The number of carbonyl (C=O) groups excluding carboxylic acids is 3. The van der Waals surface area contributed by atoms with Crippen molar-refractivity contribution in [2.75, 3.05) is 12.0 Å². The molecule has 2 heterocycles. The zero-order chi connectivity index (χ0) is 24.5. The number of hydrogen-bond donors (Lipinski definition) is 0. The lowest BCUT2D eigenvalue weighted by molar-refractivity contribution is -0.135. The van der Waals surface area contributed by atoms with Gasteiger partial charge < -0.3 is 9.26 Å². The molecule has 0 aliphatic carbocycles. The summed E-state index contributed by atoms with van der Waals surface area (Å²) in [5.41, 5.74) is 2.35. The number of methoxy groups -OCH3 is 1. The fraction of sp³-hybridized carbons (Fsp3) is 0.111. The number of halogens is 1. The van der Waals surface area contributed by atoms with Crippen LogP contribution in [0.2, 0.25) is 0 Å². The molecule has 7 nitrogen and oxygen atoms in total. The summed E-state index contributed by atoms with van der Waals surface area (Å²) in [5, 5.41) is 3.92. The molecule has 4 aromatic rings. The Bertz CT molecular complexity index is 1400. The van der Waals surface area contributed by atoms with Crippen molar-refractivity contribution >= 4 is 23.2 Å². The summed E-state index contributed by atoms with van der Waals surface area (Å²) in [5.74, 6) is -3.37. The third-order valence-corrected chi connectivity index (χ3v) is 6.03. The Morgan fingerprint density at radius 3 is 2.40 bits per heavy atom. The maximum Gasteiger partial charge on any atom is 0.295 e. The fourth-order valence-electron chi connectivity index (χ4n) is 4.32. The number of anilines is 1. The van der Waals surface area contributed by atoms with E-state index < -0.39 is 35.3 Å². The van der Waals surface area contributed by atoms with Crippen LogP contribution in [0.5, 0.6) is 5.75 Å². The van der Waals surface area contributed by atoms with Gasteiger partial charge in [0.2, 0.25) is 5.78 Å². The topological polar surface area (TPSA) is 89.7 Å². The van der Waals surface area contributed by atoms with Crippen molar-refractivity contribution in [3.8, 4) is 17.0 Å². The Kier molecular flexibility index (Phi) is 5.70. The summed E-state index contributed by atoms with van der Waals surface area (Å²) < 4.78 is 23.8. The molecule has 3 aromatic carbocycles. The zero-order valence-corrected chi connectivity index (χ0v) is 18.6. The first-order valence-corrected chi connectivity index (χ1v) is 10.8. The van der Waals surface area contributed by atoms with Crippen molar-refractivity contribution in [3.63, 3.8) is 0 Å². The molecular weight excluding hydrogens is 451 g/mol. The van der Waals surface area contributed by atoms with Crippen LogP contribution in [0.25, 0.3) is 11.3 Å². The van der Waals surface area contributed by atoms with E-state index >= 15 is 0 Å². The molecule has 0 bridgehead atoms. The van der Waals surface area contributed by atoms with Crippen LogP contribution in [0.4, 0.5) is 10.1 Å². The Balaban J connectivity index is 1.62. The first-order valence-electron chi connectivity index (χ1n) is 10.8. The van der Waals surface area contributed by atoms with Crippen molar-refractivity contribution in [1.82, 2.24) is 5.16 Å². The van der Waals surface area contributed by atoms with Crippen LogP contribution in [0, 0.1) is 11.7 Å². The Labute approximate surface area is 199 Å². The maximum absolute atomic E-state index is 13.7. The lowest BCUT2D eigenvalue weighted by Crippen LogP contribution is -2.30. The summed E-state index contributed by atoms with van der Waals surface area (Å²) in [6, 6.07) is 19.3. The van der Waals surface area contributed by atoms with E-state index in [1.807, 2.05) is 0 Å². The van der Waals surface area contributed by atoms with Gasteiger partial charge in [-0.05, 0) is 54.1 Å². The third kappa shape index (κ3) is 3.99. The minimum atomic E-state index is -1.31. The van der Waals surface area contributed by atoms with E-state index in [1.54, 1.807) is 54.6 Å². The standard InChI is InChI=1S/C27H19FN2O5/c1-34-21-11-7-17(8-12-21)25(31)23-24(16-5-9-19(28)10-6-16)30(27(33)26(23)32)20-4-2-3-18(15-20)22-13-14-35-29-22/h2-15,23-24H,1H3. The monoisotopic (exact) mass is 470 g/mol. The molecule has 1 amide bonds. The number of rotatable bonds is 6. The molecule has 8 heteroatoms. The second-order valence-corrected chi connectivity index (χ2v) is 8.04. The number of amides is 1. The van der Waals surface area contributed by atoms with E-state index in [2.05, 4.69) is 5.16 Å². The van der Waals surface area contributed by atoms with Crippen LogP contribution in [0.15, 0.2) is 89.6 Å². The average Bonchev–Trinajstić information content (AvgIpc) is 3.52. The maximum atomic E-state index is 13.7. The molecule has 0 spiro atoms. The summed E-state index contributed by atoms with van der Waals surface area (Å²) >= 11 is 0. The number of Topliss-reactive ketones (excluding diaryl/α,β-unsaturated/α-hetero) is 2. The summed E-state index contributed by atoms with van der Waals surface area (Å²) in [4.78, 5) is 41.4. The number of hydrogen-bond acceptors (Lipinski definition) is 6. The SMILES string of the molecule is COc1ccc(C(=O)C2C(=O)C(=O)N(c3cccc(-c4ccon4)c3)C2c2ccc(F)cc2)cc1. The predicted octanol–water partition coefficient (Wildman–Crippen LogP) is 4.65. The predicted molar refractivity (Wildman–Crippen MR) is 124 cm³/mol. The lowest BCUT2D eigenvalue weighted by Gasteiger charge is -2.27. The normalized spacial score (nSPS) is 17.6. The largest absolute Gasteiger partial charge is 0.497 e. The van der Waals surface area contributed by atoms with Gasteiger partial charge >= 0.3 is 0 Å². The van der Waals surface area contributed by atoms with Crippen molar-refractivity contribution in [2.24, 2.45) is 5.92 Å². The Morgan fingerprint density at radius 2 is 1.74 bits per heavy atom. The van der Waals surface area contributed by atoms with Gasteiger partial charge in [0.15, 0.2) is 5.78 Å². The van der Waals surface area contributed by atoms with E-state index in [1.165, 1.54) is 42.5 Å². The summed E-state index contributed by atoms with van der Waals surface area (Å²) in [7, 11) is 1.51. The Morgan fingerprint density at radius 1 is 1.00 bits per heavy atom. The first-order chi connectivity index (χ1) is 17.0. The van der Waals surface area contributed by atoms with E-state index in [-0.39, 0.29) is 5.56 Å². The molecule has 1 aromatic heterocycles. The van der Waals surface area contributed by atoms with E-state index in [0.717, 1.165) is 0 Å². The molecule has 5 rings (SSSR count). The molecule has 2 unspecified atom stereocenters. The highest BCUT2D eigenvalue weighted by Crippen LogP contribution is 2.42. The first kappa shape index (κ1) is 22.2. The quantitative estimate of drug-likeness (QED) is 0.232. The number of benzene rings is 3. The molecule has 0 N–H and O–H groups in total. The molecule has 1 fully saturated rings. The molecule has 0 radical (unpaired) electrons. The van der Waals surface area contributed by atoms with Crippen molar-refractivity contribution in [2.45, 2.75) is 6.04 Å². The highest BCUT2D eigenvalue weighted by molar-refractivity contribution is 6.49. The molecule has 0 saturated carbocycles. The lowest BCUT2D eigenvalue weighted by atomic mass is 9.86. The van der Waals surface area contributed by atoms with Crippen molar-refractivity contribution in [3.05, 3.63) is 102 Å². The van der Waals surface area contributed by atoms with Crippen LogP contribution in [-0.2, 0) is 9.59 Å². The minimum Gasteiger partial charge on any atom is -0.497 e. The molecule has 1 aliphatic rings. The van der Waals surface area contributed by atoms with Gasteiger partial charge in [-0.1, -0.05) is 29.4 Å². The van der Waals surface area contributed by atoms with Gasteiger partial charge in [0, 0.05) is 22.9 Å². The van der Waals surface area contributed by atoms with E-state index in [9.17, 15) is 18.8 Å². The number of carbonyl (C=O) groups is 3. The minimum absolute atomic E-state index is 0.266. The highest BCUT2D eigenvalue weighted by Gasteiger charge is 2.52. The summed E-state index contributed by atoms with van der Waals surface area (Å²) in [6.45, 7) is 0. The van der Waals surface area contributed by atoms with Gasteiger partial charge in [0.1, 0.15) is 29.4 Å². The highest BCUT2D eigenvalue weighted by atomic mass is 19.1. The second-order valence-electron chi connectivity index (χ2n) is 8.04. The van der Waals surface area contributed by atoms with Crippen molar-refractivity contribution in [1.29, 1.82) is 0 Å². The van der Waals surface area contributed by atoms with Gasteiger partial charge in [-0.3, -0.25) is 19.3 Å². The van der Waals surface area contributed by atoms with Crippen LogP contribution in [0.3, 0.4) is 0 Å². The van der Waals surface area contributed by atoms with Gasteiger partial charge in [0.05, 0.1) is 13.2 Å². The van der Waals surface area contributed by atoms with Gasteiger partial charge in [-0.25, -0.2) is 4.39 Å². The molecule has 174 valence electrons. The number of nitrogens with zero attached hydrogens (tertiary/aromatic N) is 2. The van der Waals surface area contributed by atoms with E-state index in [4.69, 9.17) is 9.26 Å². The molecular formula is C27H19FN2O5. The average molecular weight is 470 g/mol. The van der Waals surface area contributed by atoms with Gasteiger partial charge in [0.25, 0.3) is 5.91 Å². The van der Waals surface area contributed by atoms with Crippen molar-refractivity contribution < 1.29 is 28.0 Å².